The van der Waals surface area contributed by atoms with Gasteiger partial charge in [0.05, 0.1) is 13.7 Å². The fourth-order valence-electron chi connectivity index (χ4n) is 3.62. The van der Waals surface area contributed by atoms with Gasteiger partial charge in [-0.05, 0) is 54.5 Å². The average molecular weight is 407 g/mol. The van der Waals surface area contributed by atoms with Gasteiger partial charge in [0, 0.05) is 41.3 Å². The highest BCUT2D eigenvalue weighted by Crippen LogP contribution is 2.29. The summed E-state index contributed by atoms with van der Waals surface area (Å²) in [6.45, 7) is 0.984. The van der Waals surface area contributed by atoms with Crippen molar-refractivity contribution < 1.29 is 18.7 Å². The van der Waals surface area contributed by atoms with Crippen LogP contribution in [0.25, 0.3) is 16.5 Å². The number of carbonyl (C=O) groups is 2. The van der Waals surface area contributed by atoms with E-state index < -0.39 is 0 Å². The molecule has 0 spiro atoms. The molecule has 0 atom stereocenters. The largest absolute Gasteiger partial charge is 0.497 e. The average Bonchev–Trinajstić information content (AvgIpc) is 3.20. The third kappa shape index (κ3) is 4.05. The van der Waals surface area contributed by atoms with Crippen molar-refractivity contribution in [1.29, 1.82) is 0 Å². The van der Waals surface area contributed by atoms with Crippen LogP contribution in [0.3, 0.4) is 0 Å². The Hall–Kier alpha value is -3.61. The van der Waals surface area contributed by atoms with Gasteiger partial charge in [-0.25, -0.2) is 4.39 Å². The van der Waals surface area contributed by atoms with Crippen LogP contribution in [0.5, 0.6) is 5.75 Å². The van der Waals surface area contributed by atoms with Gasteiger partial charge in [0.1, 0.15) is 11.6 Å². The number of methoxy groups -OCH3 is 1. The minimum absolute atomic E-state index is 0.0552. The predicted molar refractivity (Wildman–Crippen MR) is 113 cm³/mol. The second-order valence-electron chi connectivity index (χ2n) is 7.12. The first-order chi connectivity index (χ1) is 14.5. The van der Waals surface area contributed by atoms with E-state index in [0.29, 0.717) is 30.8 Å². The number of H-pyrrole nitrogens is 1. The van der Waals surface area contributed by atoms with E-state index in [1.54, 1.807) is 42.3 Å². The van der Waals surface area contributed by atoms with Crippen molar-refractivity contribution in [3.63, 3.8) is 0 Å². The van der Waals surface area contributed by atoms with Gasteiger partial charge in [0.25, 0.3) is 5.91 Å². The van der Waals surface area contributed by atoms with Gasteiger partial charge in [-0.1, -0.05) is 6.08 Å². The lowest BCUT2D eigenvalue weighted by Crippen LogP contribution is -2.42. The van der Waals surface area contributed by atoms with Crippen molar-refractivity contribution in [2.75, 3.05) is 26.7 Å². The van der Waals surface area contributed by atoms with Crippen molar-refractivity contribution in [1.82, 2.24) is 15.2 Å². The Labute approximate surface area is 173 Å². The molecule has 2 heterocycles. The predicted octanol–water partition coefficient (Wildman–Crippen LogP) is 3.36. The van der Waals surface area contributed by atoms with Gasteiger partial charge < -0.3 is 19.9 Å². The molecule has 0 unspecified atom stereocenters. The number of amides is 2. The molecule has 0 saturated carbocycles. The minimum atomic E-state index is -0.301. The maximum atomic E-state index is 13.4. The molecule has 154 valence electrons. The summed E-state index contributed by atoms with van der Waals surface area (Å²) < 4.78 is 18.5. The molecule has 0 saturated heterocycles. The highest BCUT2D eigenvalue weighted by molar-refractivity contribution is 5.97. The quantitative estimate of drug-likeness (QED) is 0.681. The maximum Gasteiger partial charge on any atom is 0.251 e. The van der Waals surface area contributed by atoms with Crippen LogP contribution in [-0.2, 0) is 4.79 Å². The Bertz CT molecular complexity index is 1120. The number of benzene rings is 2. The number of aromatic amines is 1. The number of ether oxygens (including phenoxy) is 1. The van der Waals surface area contributed by atoms with E-state index >= 15 is 0 Å². The van der Waals surface area contributed by atoms with Crippen LogP contribution in [0.2, 0.25) is 0 Å². The summed E-state index contributed by atoms with van der Waals surface area (Å²) in [5.41, 5.74) is 3.38. The van der Waals surface area contributed by atoms with E-state index in [2.05, 4.69) is 10.3 Å². The third-order valence-electron chi connectivity index (χ3n) is 5.30. The first kappa shape index (κ1) is 19.7. The lowest BCUT2D eigenvalue weighted by molar-refractivity contribution is -0.129. The second kappa shape index (κ2) is 8.41. The molecule has 30 heavy (non-hydrogen) atoms. The van der Waals surface area contributed by atoms with Gasteiger partial charge in [-0.15, -0.1) is 0 Å². The minimum Gasteiger partial charge on any atom is -0.497 e. The van der Waals surface area contributed by atoms with Crippen LogP contribution in [0, 0.1) is 5.82 Å². The van der Waals surface area contributed by atoms with Gasteiger partial charge >= 0.3 is 0 Å². The topological polar surface area (TPSA) is 74.4 Å². The Morgan fingerprint density at radius 3 is 2.70 bits per heavy atom. The molecule has 0 radical (unpaired) electrons. The Morgan fingerprint density at radius 1 is 1.20 bits per heavy atom. The smallest absolute Gasteiger partial charge is 0.251 e. The fourth-order valence-corrected chi connectivity index (χ4v) is 3.62. The lowest BCUT2D eigenvalue weighted by Gasteiger charge is -2.26. The van der Waals surface area contributed by atoms with E-state index in [0.717, 1.165) is 22.0 Å². The zero-order valence-electron chi connectivity index (χ0n) is 16.6. The third-order valence-corrected chi connectivity index (χ3v) is 5.30. The van der Waals surface area contributed by atoms with Crippen LogP contribution in [0.1, 0.15) is 22.3 Å². The number of hydrogen-bond acceptors (Lipinski definition) is 3. The number of hydrogen-bond donors (Lipinski definition) is 2. The van der Waals surface area contributed by atoms with Crippen LogP contribution >= 0.6 is 0 Å². The first-order valence-corrected chi connectivity index (χ1v) is 9.71. The van der Waals surface area contributed by atoms with Gasteiger partial charge in [0.2, 0.25) is 5.91 Å². The van der Waals surface area contributed by atoms with Gasteiger partial charge in [0.15, 0.2) is 0 Å². The first-order valence-electron chi connectivity index (χ1n) is 9.71. The van der Waals surface area contributed by atoms with E-state index in [9.17, 15) is 14.0 Å². The molecule has 0 fully saturated rings. The van der Waals surface area contributed by atoms with Crippen LogP contribution in [0.4, 0.5) is 4.39 Å². The number of fused-ring (bicyclic) bond motifs is 1. The maximum absolute atomic E-state index is 13.4. The zero-order valence-corrected chi connectivity index (χ0v) is 16.6. The van der Waals surface area contributed by atoms with E-state index in [1.807, 2.05) is 12.3 Å². The Morgan fingerprint density at radius 2 is 2.00 bits per heavy atom. The number of nitrogens with zero attached hydrogens (tertiary/aromatic N) is 1. The van der Waals surface area contributed by atoms with E-state index in [4.69, 9.17) is 4.74 Å². The molecule has 1 aliphatic heterocycles. The van der Waals surface area contributed by atoms with Crippen LogP contribution in [-0.4, -0.2) is 48.4 Å². The number of halogens is 1. The molecular formula is C23H22FN3O3. The number of aromatic nitrogens is 1. The van der Waals surface area contributed by atoms with Crippen LogP contribution < -0.4 is 10.1 Å². The molecule has 4 rings (SSSR count). The molecule has 0 aliphatic carbocycles. The molecule has 1 aromatic heterocycles. The second-order valence-corrected chi connectivity index (χ2v) is 7.12. The summed E-state index contributed by atoms with van der Waals surface area (Å²) in [6, 6.07) is 11.4. The van der Waals surface area contributed by atoms with Gasteiger partial charge in [-0.2, -0.15) is 0 Å². The van der Waals surface area contributed by atoms with Crippen LogP contribution in [0.15, 0.2) is 54.7 Å². The number of nitrogens with one attached hydrogen (secondary N) is 2. The summed E-state index contributed by atoms with van der Waals surface area (Å²) in [5.74, 6) is -0.0423. The normalized spacial score (nSPS) is 13.8. The monoisotopic (exact) mass is 407 g/mol. The summed E-state index contributed by atoms with van der Waals surface area (Å²) >= 11 is 0. The summed E-state index contributed by atoms with van der Waals surface area (Å²) in [6.07, 6.45) is 4.59. The fraction of sp³-hybridized carbons (Fsp3) is 0.217. The number of rotatable bonds is 5. The zero-order chi connectivity index (χ0) is 21.1. The molecule has 2 aromatic carbocycles. The molecule has 7 heteroatoms. The molecule has 6 nitrogen and oxygen atoms in total. The molecule has 2 amide bonds. The lowest BCUT2D eigenvalue weighted by atomic mass is 9.99. The van der Waals surface area contributed by atoms with Crippen molar-refractivity contribution in [2.24, 2.45) is 0 Å². The molecule has 2 N–H and O–H groups in total. The highest BCUT2D eigenvalue weighted by Gasteiger charge is 2.20. The van der Waals surface area contributed by atoms with E-state index in [-0.39, 0.29) is 24.2 Å². The van der Waals surface area contributed by atoms with Crippen molar-refractivity contribution in [2.45, 2.75) is 6.42 Å². The Kier molecular flexibility index (Phi) is 5.52. The van der Waals surface area contributed by atoms with Crippen molar-refractivity contribution in [3.8, 4) is 5.75 Å². The molecule has 3 aromatic rings. The van der Waals surface area contributed by atoms with Crippen molar-refractivity contribution >= 4 is 28.3 Å². The molecule has 0 bridgehead atoms. The molecular weight excluding hydrogens is 385 g/mol. The summed E-state index contributed by atoms with van der Waals surface area (Å²) in [4.78, 5) is 29.5. The SMILES string of the molecule is COc1ccc(C(=O)NCC(=O)N2CC=C(c3c[nH]c4cc(F)ccc34)CC2)cc1. The summed E-state index contributed by atoms with van der Waals surface area (Å²) in [5, 5.41) is 3.64. The number of carbonyl (C=O) groups excluding carboxylic acids is 2. The van der Waals surface area contributed by atoms with Gasteiger partial charge in [-0.3, -0.25) is 9.59 Å². The molecule has 1 aliphatic rings. The highest BCUT2D eigenvalue weighted by atomic mass is 19.1. The van der Waals surface area contributed by atoms with E-state index in [1.165, 1.54) is 12.1 Å². The standard InChI is InChI=1S/C23H22FN3O3/c1-30-18-5-2-16(3-6-18)23(29)26-14-22(28)27-10-8-15(9-11-27)20-13-25-21-12-17(24)4-7-19(20)21/h2-8,12-13,25H,9-11,14H2,1H3,(H,26,29). The van der Waals surface area contributed by atoms with Crippen molar-refractivity contribution in [3.05, 3.63) is 71.7 Å². The Balaban J connectivity index is 1.35. The summed E-state index contributed by atoms with van der Waals surface area (Å²) in [7, 11) is 1.56.